The minimum absolute atomic E-state index is 0.00894. The quantitative estimate of drug-likeness (QED) is 0.480. The Morgan fingerprint density at radius 3 is 2.54 bits per heavy atom. The Balaban J connectivity index is 2.54. The summed E-state index contributed by atoms with van der Waals surface area (Å²) in [6, 6.07) is 0. The van der Waals surface area contributed by atoms with Crippen LogP contribution in [-0.4, -0.2) is 35.3 Å². The van der Waals surface area contributed by atoms with Crippen LogP contribution in [0.1, 0.15) is 27.2 Å². The van der Waals surface area contributed by atoms with Crippen LogP contribution in [0.2, 0.25) is 0 Å². The lowest BCUT2D eigenvalue weighted by Crippen LogP contribution is -2.40. The summed E-state index contributed by atoms with van der Waals surface area (Å²) in [5.74, 6) is 3.24. The summed E-state index contributed by atoms with van der Waals surface area (Å²) in [5, 5.41) is 8.05. The Hall–Kier alpha value is -0.180. The number of rotatable bonds is 0. The molecule has 0 atom stereocenters. The summed E-state index contributed by atoms with van der Waals surface area (Å²) < 4.78 is 0. The smallest absolute Gasteiger partial charge is 0.101 e. The average Bonchev–Trinajstić information content (AvgIpc) is 2.28. The van der Waals surface area contributed by atoms with Crippen LogP contribution in [-0.2, 0) is 0 Å². The lowest BCUT2D eigenvalue weighted by molar-refractivity contribution is 0.387. The van der Waals surface area contributed by atoms with Gasteiger partial charge in [0, 0.05) is 24.3 Å². The van der Waals surface area contributed by atoms with E-state index in [-0.39, 0.29) is 5.41 Å². The van der Waals surface area contributed by atoms with Gasteiger partial charge in [0.15, 0.2) is 0 Å². The highest BCUT2D eigenvalue weighted by Gasteiger charge is 2.23. The van der Waals surface area contributed by atoms with E-state index >= 15 is 0 Å². The summed E-state index contributed by atoms with van der Waals surface area (Å²) >= 11 is 2.01. The van der Waals surface area contributed by atoms with E-state index in [2.05, 4.69) is 25.7 Å². The zero-order valence-corrected chi connectivity index (χ0v) is 9.71. The molecule has 0 saturated carbocycles. The molecule has 1 N–H and O–H groups in total. The van der Waals surface area contributed by atoms with E-state index in [0.29, 0.717) is 0 Å². The second-order valence-electron chi connectivity index (χ2n) is 4.55. The molecule has 0 bridgehead atoms. The van der Waals surface area contributed by atoms with Crippen LogP contribution in [0.3, 0.4) is 0 Å². The maximum atomic E-state index is 8.05. The van der Waals surface area contributed by atoms with E-state index < -0.39 is 0 Å². The third kappa shape index (κ3) is 3.22. The van der Waals surface area contributed by atoms with E-state index in [1.165, 1.54) is 17.9 Å². The van der Waals surface area contributed by atoms with E-state index in [1.54, 1.807) is 0 Å². The molecule has 0 aliphatic carbocycles. The molecular formula is C10H20N2S. The average molecular weight is 200 g/mol. The van der Waals surface area contributed by atoms with E-state index in [9.17, 15) is 0 Å². The maximum Gasteiger partial charge on any atom is 0.101 e. The van der Waals surface area contributed by atoms with Crippen LogP contribution >= 0.6 is 11.8 Å². The molecule has 13 heavy (non-hydrogen) atoms. The molecule has 1 aliphatic heterocycles. The van der Waals surface area contributed by atoms with Gasteiger partial charge in [-0.2, -0.15) is 11.8 Å². The first kappa shape index (κ1) is 10.9. The molecule has 1 rings (SSSR count). The summed E-state index contributed by atoms with van der Waals surface area (Å²) in [4.78, 5) is 2.24. The fraction of sp³-hybridized carbons (Fsp3) is 0.900. The highest BCUT2D eigenvalue weighted by atomic mass is 32.2. The Bertz CT molecular complexity index is 176. The van der Waals surface area contributed by atoms with Gasteiger partial charge in [0.2, 0.25) is 0 Å². The monoisotopic (exact) mass is 200 g/mol. The number of nitrogens with one attached hydrogen (secondary N) is 1. The van der Waals surface area contributed by atoms with Crippen LogP contribution in [0, 0.1) is 10.8 Å². The van der Waals surface area contributed by atoms with Crippen LogP contribution < -0.4 is 0 Å². The van der Waals surface area contributed by atoms with Crippen molar-refractivity contribution in [3.8, 4) is 0 Å². The Kier molecular flexibility index (Phi) is 3.65. The lowest BCUT2D eigenvalue weighted by Gasteiger charge is -2.31. The molecule has 1 heterocycles. The molecule has 0 unspecified atom stereocenters. The summed E-state index contributed by atoms with van der Waals surface area (Å²) in [6.07, 6.45) is 1.23. The second-order valence-corrected chi connectivity index (χ2v) is 5.78. The molecule has 0 amide bonds. The Morgan fingerprint density at radius 2 is 1.92 bits per heavy atom. The molecule has 0 aromatic carbocycles. The molecule has 0 spiro atoms. The molecule has 0 aromatic heterocycles. The number of nitrogens with zero attached hydrogens (tertiary/aromatic N) is 1. The van der Waals surface area contributed by atoms with Crippen molar-refractivity contribution < 1.29 is 0 Å². The van der Waals surface area contributed by atoms with Crippen molar-refractivity contribution in [1.82, 2.24) is 4.90 Å². The van der Waals surface area contributed by atoms with Crippen LogP contribution in [0.5, 0.6) is 0 Å². The fourth-order valence-electron chi connectivity index (χ4n) is 1.44. The Labute approximate surface area is 85.6 Å². The maximum absolute atomic E-state index is 8.05. The fourth-order valence-corrected chi connectivity index (χ4v) is 2.33. The molecule has 1 aliphatic rings. The molecule has 3 heteroatoms. The molecule has 1 saturated heterocycles. The van der Waals surface area contributed by atoms with Gasteiger partial charge in [-0.25, -0.2) is 0 Å². The van der Waals surface area contributed by atoms with Crippen molar-refractivity contribution in [2.75, 3.05) is 24.6 Å². The van der Waals surface area contributed by atoms with Gasteiger partial charge in [-0.3, -0.25) is 5.41 Å². The predicted octanol–water partition coefficient (Wildman–Crippen LogP) is 2.45. The van der Waals surface area contributed by atoms with Crippen molar-refractivity contribution in [3.05, 3.63) is 0 Å². The minimum atomic E-state index is 0.00894. The van der Waals surface area contributed by atoms with Gasteiger partial charge in [0.25, 0.3) is 0 Å². The summed E-state index contributed by atoms with van der Waals surface area (Å²) in [5.41, 5.74) is 0.00894. The molecule has 0 aromatic rings. The van der Waals surface area contributed by atoms with Gasteiger partial charge < -0.3 is 4.90 Å². The summed E-state index contributed by atoms with van der Waals surface area (Å²) in [6.45, 7) is 8.48. The molecule has 76 valence electrons. The number of hydrogen-bond acceptors (Lipinski definition) is 2. The van der Waals surface area contributed by atoms with Gasteiger partial charge in [-0.05, 0) is 12.2 Å². The van der Waals surface area contributed by atoms with Gasteiger partial charge in [-0.15, -0.1) is 0 Å². The third-order valence-electron chi connectivity index (χ3n) is 2.25. The van der Waals surface area contributed by atoms with Crippen molar-refractivity contribution >= 4 is 17.6 Å². The minimum Gasteiger partial charge on any atom is -0.359 e. The molecular weight excluding hydrogens is 180 g/mol. The largest absolute Gasteiger partial charge is 0.359 e. The van der Waals surface area contributed by atoms with E-state index in [4.69, 9.17) is 5.41 Å². The lowest BCUT2D eigenvalue weighted by atomic mass is 9.94. The zero-order chi connectivity index (χ0) is 9.90. The van der Waals surface area contributed by atoms with E-state index in [0.717, 1.165) is 18.9 Å². The van der Waals surface area contributed by atoms with Gasteiger partial charge in [0.05, 0.1) is 0 Å². The highest BCUT2D eigenvalue weighted by Crippen LogP contribution is 2.20. The van der Waals surface area contributed by atoms with E-state index in [1.807, 2.05) is 11.8 Å². The van der Waals surface area contributed by atoms with Gasteiger partial charge in [-0.1, -0.05) is 20.8 Å². The number of amidine groups is 1. The SMILES string of the molecule is CC(C)(C)C(=N)N1CCCSCC1. The second kappa shape index (κ2) is 4.36. The third-order valence-corrected chi connectivity index (χ3v) is 3.30. The number of thioether (sulfide) groups is 1. The number of hydrogen-bond donors (Lipinski definition) is 1. The molecule has 0 radical (unpaired) electrons. The van der Waals surface area contributed by atoms with Gasteiger partial charge in [0.1, 0.15) is 5.84 Å². The normalized spacial score (nSPS) is 19.8. The van der Waals surface area contributed by atoms with Crippen LogP contribution in [0.25, 0.3) is 0 Å². The first-order valence-electron chi connectivity index (χ1n) is 4.93. The molecule has 2 nitrogen and oxygen atoms in total. The first-order chi connectivity index (χ1) is 6.02. The van der Waals surface area contributed by atoms with Crippen molar-refractivity contribution in [2.45, 2.75) is 27.2 Å². The highest BCUT2D eigenvalue weighted by molar-refractivity contribution is 7.99. The Morgan fingerprint density at radius 1 is 1.23 bits per heavy atom. The standard InChI is InChI=1S/C10H20N2S/c1-10(2,3)9(11)12-5-4-7-13-8-6-12/h11H,4-8H2,1-3H3. The predicted molar refractivity (Wildman–Crippen MR) is 60.7 cm³/mol. The molecule has 1 fully saturated rings. The van der Waals surface area contributed by atoms with Gasteiger partial charge >= 0.3 is 0 Å². The van der Waals surface area contributed by atoms with Crippen molar-refractivity contribution in [1.29, 1.82) is 5.41 Å². The van der Waals surface area contributed by atoms with Crippen molar-refractivity contribution in [2.24, 2.45) is 5.41 Å². The summed E-state index contributed by atoms with van der Waals surface area (Å²) in [7, 11) is 0. The first-order valence-corrected chi connectivity index (χ1v) is 6.09. The van der Waals surface area contributed by atoms with Crippen LogP contribution in [0.15, 0.2) is 0 Å². The van der Waals surface area contributed by atoms with Crippen LogP contribution in [0.4, 0.5) is 0 Å². The van der Waals surface area contributed by atoms with Crippen molar-refractivity contribution in [3.63, 3.8) is 0 Å². The zero-order valence-electron chi connectivity index (χ0n) is 8.89. The topological polar surface area (TPSA) is 27.1 Å².